The summed E-state index contributed by atoms with van der Waals surface area (Å²) in [4.78, 5) is 16.9. The molecule has 0 aliphatic carbocycles. The Morgan fingerprint density at radius 3 is 2.50 bits per heavy atom. The van der Waals surface area contributed by atoms with Crippen LogP contribution in [0.3, 0.4) is 0 Å². The average Bonchev–Trinajstić information content (AvgIpc) is 3.29. The van der Waals surface area contributed by atoms with Crippen LogP contribution in [0.2, 0.25) is 0 Å². The molecule has 0 saturated heterocycles. The molecule has 2 aromatic heterocycles. The van der Waals surface area contributed by atoms with E-state index in [0.717, 1.165) is 5.56 Å². The highest BCUT2D eigenvalue weighted by Gasteiger charge is 2.18. The Kier molecular flexibility index (Phi) is 7.38. The minimum absolute atomic E-state index is 0.105. The Hall–Kier alpha value is -3.92. The summed E-state index contributed by atoms with van der Waals surface area (Å²) in [5.74, 6) is 1.45. The van der Waals surface area contributed by atoms with Gasteiger partial charge in [-0.05, 0) is 54.1 Å². The van der Waals surface area contributed by atoms with Gasteiger partial charge in [0.2, 0.25) is 0 Å². The van der Waals surface area contributed by atoms with Gasteiger partial charge < -0.3 is 14.8 Å². The Labute approximate surface area is 200 Å². The fourth-order valence-electron chi connectivity index (χ4n) is 3.23. The lowest BCUT2D eigenvalue weighted by atomic mass is 10.1. The largest absolute Gasteiger partial charge is 0.497 e. The maximum Gasteiger partial charge on any atom is 0.255 e. The van der Waals surface area contributed by atoms with Crippen molar-refractivity contribution in [1.82, 2.24) is 25.1 Å². The lowest BCUT2D eigenvalue weighted by Gasteiger charge is -2.12. The molecule has 0 aliphatic rings. The molecule has 4 aromatic rings. The van der Waals surface area contributed by atoms with Crippen LogP contribution in [0.5, 0.6) is 11.5 Å². The summed E-state index contributed by atoms with van der Waals surface area (Å²) in [5, 5.41) is 12.1. The van der Waals surface area contributed by atoms with E-state index in [9.17, 15) is 9.18 Å². The average molecular weight is 480 g/mol. The summed E-state index contributed by atoms with van der Waals surface area (Å²) in [6, 6.07) is 14.8. The summed E-state index contributed by atoms with van der Waals surface area (Å²) in [5.41, 5.74) is 2.13. The van der Waals surface area contributed by atoms with E-state index in [1.807, 2.05) is 12.1 Å². The van der Waals surface area contributed by atoms with Gasteiger partial charge in [-0.15, -0.1) is 10.2 Å². The molecule has 174 valence electrons. The van der Waals surface area contributed by atoms with Gasteiger partial charge in [0.15, 0.2) is 11.0 Å². The molecule has 0 aliphatic heterocycles. The number of carbonyl (C=O) groups excluding carboxylic acids is 1. The van der Waals surface area contributed by atoms with Crippen LogP contribution in [0.25, 0.3) is 5.69 Å². The number of benzene rings is 2. The maximum absolute atomic E-state index is 13.5. The number of rotatable bonds is 9. The van der Waals surface area contributed by atoms with E-state index < -0.39 is 0 Å². The lowest BCUT2D eigenvalue weighted by molar-refractivity contribution is 0.0946. The number of carbonyl (C=O) groups is 1. The number of pyridine rings is 1. The van der Waals surface area contributed by atoms with E-state index in [4.69, 9.17) is 9.47 Å². The molecule has 2 heterocycles. The molecule has 8 nitrogen and oxygen atoms in total. The predicted molar refractivity (Wildman–Crippen MR) is 126 cm³/mol. The van der Waals surface area contributed by atoms with Crippen molar-refractivity contribution >= 4 is 17.7 Å². The van der Waals surface area contributed by atoms with Crippen molar-refractivity contribution in [1.29, 1.82) is 0 Å². The van der Waals surface area contributed by atoms with Crippen LogP contribution in [0.4, 0.5) is 4.39 Å². The van der Waals surface area contributed by atoms with Gasteiger partial charge in [0.1, 0.15) is 17.3 Å². The quantitative estimate of drug-likeness (QED) is 0.362. The summed E-state index contributed by atoms with van der Waals surface area (Å²) < 4.78 is 25.9. The van der Waals surface area contributed by atoms with Gasteiger partial charge in [-0.1, -0.05) is 11.8 Å². The number of aromatic nitrogens is 4. The molecule has 2 aromatic carbocycles. The summed E-state index contributed by atoms with van der Waals surface area (Å²) >= 11 is 1.48. The van der Waals surface area contributed by atoms with Crippen LogP contribution in [0.15, 0.2) is 72.1 Å². The SMILES string of the molecule is COc1ccc(C(=O)NCc2nnc(SCc3ccncc3)n2-c2ccc(F)cc2)c(OC)c1. The second kappa shape index (κ2) is 10.8. The number of halogens is 1. The normalized spacial score (nSPS) is 10.7. The highest BCUT2D eigenvalue weighted by atomic mass is 32.2. The molecule has 34 heavy (non-hydrogen) atoms. The first-order valence-corrected chi connectivity index (χ1v) is 11.3. The number of amides is 1. The first-order chi connectivity index (χ1) is 16.6. The molecule has 0 spiro atoms. The van der Waals surface area contributed by atoms with Crippen LogP contribution in [-0.2, 0) is 12.3 Å². The van der Waals surface area contributed by atoms with Crippen molar-refractivity contribution in [2.24, 2.45) is 0 Å². The topological polar surface area (TPSA) is 91.2 Å². The number of hydrogen-bond acceptors (Lipinski definition) is 7. The maximum atomic E-state index is 13.5. The van der Waals surface area contributed by atoms with Gasteiger partial charge in [0.25, 0.3) is 5.91 Å². The highest BCUT2D eigenvalue weighted by Crippen LogP contribution is 2.26. The molecule has 1 amide bonds. The van der Waals surface area contributed by atoms with Crippen LogP contribution in [0.1, 0.15) is 21.7 Å². The van der Waals surface area contributed by atoms with Crippen molar-refractivity contribution in [3.05, 3.63) is 89.8 Å². The smallest absolute Gasteiger partial charge is 0.255 e. The van der Waals surface area contributed by atoms with E-state index >= 15 is 0 Å². The minimum Gasteiger partial charge on any atom is -0.497 e. The van der Waals surface area contributed by atoms with Gasteiger partial charge in [0, 0.05) is 29.9 Å². The summed E-state index contributed by atoms with van der Waals surface area (Å²) in [6.45, 7) is 0.105. The molecule has 0 unspecified atom stereocenters. The number of nitrogens with one attached hydrogen (secondary N) is 1. The Bertz CT molecular complexity index is 1270. The molecule has 0 saturated carbocycles. The third kappa shape index (κ3) is 5.34. The van der Waals surface area contributed by atoms with Crippen molar-refractivity contribution in [3.63, 3.8) is 0 Å². The van der Waals surface area contributed by atoms with Crippen molar-refractivity contribution in [2.45, 2.75) is 17.5 Å². The lowest BCUT2D eigenvalue weighted by Crippen LogP contribution is -2.25. The van der Waals surface area contributed by atoms with E-state index in [1.54, 1.807) is 54.4 Å². The minimum atomic E-state index is -0.343. The van der Waals surface area contributed by atoms with Crippen molar-refractivity contribution in [3.8, 4) is 17.2 Å². The summed E-state index contributed by atoms with van der Waals surface area (Å²) in [7, 11) is 3.03. The van der Waals surface area contributed by atoms with Gasteiger partial charge in [-0.25, -0.2) is 4.39 Å². The first kappa shape index (κ1) is 23.2. The standard InChI is InChI=1S/C24H22FN5O3S/c1-32-19-7-8-20(21(13-19)33-2)23(31)27-14-22-28-29-24(34-15-16-9-11-26-12-10-16)30(22)18-5-3-17(25)4-6-18/h3-13H,14-15H2,1-2H3,(H,27,31). The highest BCUT2D eigenvalue weighted by molar-refractivity contribution is 7.98. The molecular formula is C24H22FN5O3S. The number of hydrogen-bond donors (Lipinski definition) is 1. The zero-order valence-electron chi connectivity index (χ0n) is 18.6. The van der Waals surface area contributed by atoms with Crippen LogP contribution in [0, 0.1) is 5.82 Å². The molecular weight excluding hydrogens is 457 g/mol. The van der Waals surface area contributed by atoms with E-state index in [1.165, 1.54) is 31.0 Å². The predicted octanol–water partition coefficient (Wildman–Crippen LogP) is 4.04. The molecule has 0 radical (unpaired) electrons. The van der Waals surface area contributed by atoms with Gasteiger partial charge in [-0.2, -0.15) is 0 Å². The fourth-order valence-corrected chi connectivity index (χ4v) is 4.15. The second-order valence-electron chi connectivity index (χ2n) is 7.10. The van der Waals surface area contributed by atoms with Gasteiger partial charge in [0.05, 0.1) is 26.3 Å². The zero-order valence-corrected chi connectivity index (χ0v) is 19.4. The molecule has 0 bridgehead atoms. The van der Waals surface area contributed by atoms with Crippen LogP contribution < -0.4 is 14.8 Å². The van der Waals surface area contributed by atoms with Crippen LogP contribution >= 0.6 is 11.8 Å². The monoisotopic (exact) mass is 479 g/mol. The third-order valence-electron chi connectivity index (χ3n) is 4.96. The van der Waals surface area contributed by atoms with E-state index in [0.29, 0.717) is 39.5 Å². The van der Waals surface area contributed by atoms with E-state index in [-0.39, 0.29) is 18.3 Å². The Morgan fingerprint density at radius 1 is 1.03 bits per heavy atom. The zero-order chi connectivity index (χ0) is 23.9. The van der Waals surface area contributed by atoms with E-state index in [2.05, 4.69) is 20.5 Å². The molecule has 10 heteroatoms. The van der Waals surface area contributed by atoms with Crippen molar-refractivity contribution < 1.29 is 18.7 Å². The third-order valence-corrected chi connectivity index (χ3v) is 5.96. The number of thioether (sulfide) groups is 1. The first-order valence-electron chi connectivity index (χ1n) is 10.3. The molecule has 0 atom stereocenters. The van der Waals surface area contributed by atoms with Gasteiger partial charge in [-0.3, -0.25) is 14.3 Å². The Morgan fingerprint density at radius 2 is 1.79 bits per heavy atom. The van der Waals surface area contributed by atoms with Crippen molar-refractivity contribution in [2.75, 3.05) is 14.2 Å². The molecule has 1 N–H and O–H groups in total. The van der Waals surface area contributed by atoms with Crippen LogP contribution in [-0.4, -0.2) is 39.9 Å². The number of methoxy groups -OCH3 is 2. The molecule has 4 rings (SSSR count). The number of ether oxygens (including phenoxy) is 2. The number of nitrogens with zero attached hydrogens (tertiary/aromatic N) is 4. The molecule has 0 fully saturated rings. The summed E-state index contributed by atoms with van der Waals surface area (Å²) in [6.07, 6.45) is 3.46. The Balaban J connectivity index is 1.57. The fraction of sp³-hybridized carbons (Fsp3) is 0.167. The van der Waals surface area contributed by atoms with Gasteiger partial charge >= 0.3 is 0 Å². The second-order valence-corrected chi connectivity index (χ2v) is 8.05.